The van der Waals surface area contributed by atoms with Crippen LogP contribution in [0.3, 0.4) is 0 Å². The van der Waals surface area contributed by atoms with E-state index in [1.165, 1.54) is 0 Å². The maximum absolute atomic E-state index is 12.3. The van der Waals surface area contributed by atoms with Crippen LogP contribution in [0.1, 0.15) is 42.6 Å². The molecule has 1 saturated heterocycles. The molecule has 26 heavy (non-hydrogen) atoms. The van der Waals surface area contributed by atoms with Gasteiger partial charge in [0, 0.05) is 37.7 Å². The Morgan fingerprint density at radius 1 is 1.08 bits per heavy atom. The SMILES string of the molecule is CCN(CC)C(=O)N1CCC(C(=O)NNC(=O)c2ccccc2C)CC1. The quantitative estimate of drug-likeness (QED) is 0.805. The first-order valence-electron chi connectivity index (χ1n) is 9.17. The Kier molecular flexibility index (Phi) is 7.00. The van der Waals surface area contributed by atoms with Crippen molar-refractivity contribution >= 4 is 17.8 Å². The van der Waals surface area contributed by atoms with E-state index >= 15 is 0 Å². The molecule has 1 aliphatic heterocycles. The molecule has 1 aliphatic rings. The molecule has 0 aliphatic carbocycles. The lowest BCUT2D eigenvalue weighted by molar-refractivity contribution is -0.127. The van der Waals surface area contributed by atoms with Gasteiger partial charge < -0.3 is 9.80 Å². The summed E-state index contributed by atoms with van der Waals surface area (Å²) in [6.45, 7) is 8.23. The van der Waals surface area contributed by atoms with Gasteiger partial charge in [-0.3, -0.25) is 20.4 Å². The molecule has 4 amide bonds. The van der Waals surface area contributed by atoms with Crippen LogP contribution in [-0.4, -0.2) is 53.8 Å². The topological polar surface area (TPSA) is 81.8 Å². The molecule has 0 unspecified atom stereocenters. The van der Waals surface area contributed by atoms with Gasteiger partial charge in [-0.15, -0.1) is 0 Å². The van der Waals surface area contributed by atoms with Crippen molar-refractivity contribution in [1.29, 1.82) is 0 Å². The number of hydrogen-bond donors (Lipinski definition) is 2. The summed E-state index contributed by atoms with van der Waals surface area (Å²) < 4.78 is 0. The van der Waals surface area contributed by atoms with Gasteiger partial charge in [0.2, 0.25) is 5.91 Å². The van der Waals surface area contributed by atoms with Crippen molar-refractivity contribution < 1.29 is 14.4 Å². The smallest absolute Gasteiger partial charge is 0.319 e. The Balaban J connectivity index is 1.81. The number of hydrogen-bond acceptors (Lipinski definition) is 3. The Morgan fingerprint density at radius 2 is 1.69 bits per heavy atom. The average Bonchev–Trinajstić information content (AvgIpc) is 2.67. The fourth-order valence-electron chi connectivity index (χ4n) is 3.14. The number of nitrogens with zero attached hydrogens (tertiary/aromatic N) is 2. The first-order valence-corrected chi connectivity index (χ1v) is 9.17. The van der Waals surface area contributed by atoms with Crippen LogP contribution in [-0.2, 0) is 4.79 Å². The maximum Gasteiger partial charge on any atom is 0.319 e. The molecule has 0 aromatic heterocycles. The fourth-order valence-corrected chi connectivity index (χ4v) is 3.14. The summed E-state index contributed by atoms with van der Waals surface area (Å²) in [6.07, 6.45) is 1.19. The molecule has 0 saturated carbocycles. The molecule has 1 heterocycles. The number of piperidine rings is 1. The number of benzene rings is 1. The summed E-state index contributed by atoms with van der Waals surface area (Å²) in [7, 11) is 0. The van der Waals surface area contributed by atoms with Gasteiger partial charge in [-0.2, -0.15) is 0 Å². The highest BCUT2D eigenvalue weighted by atomic mass is 16.2. The third kappa shape index (κ3) is 4.74. The molecule has 0 radical (unpaired) electrons. The molecular formula is C19H28N4O3. The van der Waals surface area contributed by atoms with Crippen molar-refractivity contribution in [2.75, 3.05) is 26.2 Å². The van der Waals surface area contributed by atoms with E-state index in [-0.39, 0.29) is 23.8 Å². The van der Waals surface area contributed by atoms with E-state index < -0.39 is 0 Å². The summed E-state index contributed by atoms with van der Waals surface area (Å²) in [5.74, 6) is -0.736. The average molecular weight is 360 g/mol. The predicted molar refractivity (Wildman–Crippen MR) is 99.4 cm³/mol. The summed E-state index contributed by atoms with van der Waals surface area (Å²) in [5.41, 5.74) is 6.38. The normalized spacial score (nSPS) is 14.7. The third-order valence-electron chi connectivity index (χ3n) is 4.86. The van der Waals surface area contributed by atoms with E-state index in [9.17, 15) is 14.4 Å². The molecule has 1 aromatic rings. The number of nitrogens with one attached hydrogen (secondary N) is 2. The van der Waals surface area contributed by atoms with Gasteiger partial charge in [-0.25, -0.2) is 4.79 Å². The number of aryl methyl sites for hydroxylation is 1. The standard InChI is InChI=1S/C19H28N4O3/c1-4-22(5-2)19(26)23-12-10-15(11-13-23)17(24)20-21-18(25)16-9-7-6-8-14(16)3/h6-9,15H,4-5,10-13H2,1-3H3,(H,20,24)(H,21,25). The van der Waals surface area contributed by atoms with Gasteiger partial charge in [0.15, 0.2) is 0 Å². The van der Waals surface area contributed by atoms with Crippen LogP contribution >= 0.6 is 0 Å². The van der Waals surface area contributed by atoms with Gasteiger partial charge in [0.1, 0.15) is 0 Å². The lowest BCUT2D eigenvalue weighted by Crippen LogP contribution is -2.50. The highest BCUT2D eigenvalue weighted by Gasteiger charge is 2.29. The Labute approximate surface area is 154 Å². The van der Waals surface area contributed by atoms with Crippen molar-refractivity contribution in [3.8, 4) is 0 Å². The number of carbonyl (C=O) groups excluding carboxylic acids is 3. The highest BCUT2D eigenvalue weighted by molar-refractivity contribution is 5.96. The molecule has 7 nitrogen and oxygen atoms in total. The van der Waals surface area contributed by atoms with E-state index in [4.69, 9.17) is 0 Å². The number of rotatable bonds is 4. The first kappa shape index (κ1) is 19.8. The zero-order valence-electron chi connectivity index (χ0n) is 15.7. The number of carbonyl (C=O) groups is 3. The number of hydrazine groups is 1. The van der Waals surface area contributed by atoms with Gasteiger partial charge in [0.25, 0.3) is 5.91 Å². The van der Waals surface area contributed by atoms with E-state index in [1.807, 2.05) is 32.9 Å². The molecule has 0 bridgehead atoms. The molecular weight excluding hydrogens is 332 g/mol. The zero-order valence-corrected chi connectivity index (χ0v) is 15.7. The second kappa shape index (κ2) is 9.22. The highest BCUT2D eigenvalue weighted by Crippen LogP contribution is 2.18. The summed E-state index contributed by atoms with van der Waals surface area (Å²) in [4.78, 5) is 40.4. The van der Waals surface area contributed by atoms with Crippen molar-refractivity contribution in [1.82, 2.24) is 20.7 Å². The number of amides is 4. The van der Waals surface area contributed by atoms with Crippen molar-refractivity contribution in [2.45, 2.75) is 33.6 Å². The van der Waals surface area contributed by atoms with Crippen molar-refractivity contribution in [2.24, 2.45) is 5.92 Å². The summed E-state index contributed by atoms with van der Waals surface area (Å²) >= 11 is 0. The van der Waals surface area contributed by atoms with E-state index in [2.05, 4.69) is 10.9 Å². The molecule has 0 atom stereocenters. The first-order chi connectivity index (χ1) is 12.5. The van der Waals surface area contributed by atoms with E-state index in [0.717, 1.165) is 5.56 Å². The van der Waals surface area contributed by atoms with E-state index in [0.29, 0.717) is 44.6 Å². The van der Waals surface area contributed by atoms with Gasteiger partial charge in [-0.1, -0.05) is 18.2 Å². The van der Waals surface area contributed by atoms with Crippen molar-refractivity contribution in [3.63, 3.8) is 0 Å². The van der Waals surface area contributed by atoms with Gasteiger partial charge >= 0.3 is 6.03 Å². The minimum absolute atomic E-state index is 0.0294. The van der Waals surface area contributed by atoms with E-state index in [1.54, 1.807) is 21.9 Å². The lowest BCUT2D eigenvalue weighted by Gasteiger charge is -2.34. The van der Waals surface area contributed by atoms with Crippen LogP contribution in [0.25, 0.3) is 0 Å². The van der Waals surface area contributed by atoms with Crippen LogP contribution in [0.2, 0.25) is 0 Å². The molecule has 0 spiro atoms. The molecule has 1 aromatic carbocycles. The monoisotopic (exact) mass is 360 g/mol. The van der Waals surface area contributed by atoms with Crippen LogP contribution < -0.4 is 10.9 Å². The molecule has 142 valence electrons. The van der Waals surface area contributed by atoms with Gasteiger partial charge in [-0.05, 0) is 45.2 Å². The van der Waals surface area contributed by atoms with Crippen molar-refractivity contribution in [3.05, 3.63) is 35.4 Å². The second-order valence-electron chi connectivity index (χ2n) is 6.47. The Hall–Kier alpha value is -2.57. The predicted octanol–water partition coefficient (Wildman–Crippen LogP) is 1.93. The summed E-state index contributed by atoms with van der Waals surface area (Å²) in [6, 6.07) is 7.24. The molecule has 7 heteroatoms. The third-order valence-corrected chi connectivity index (χ3v) is 4.86. The molecule has 1 fully saturated rings. The minimum Gasteiger partial charge on any atom is -0.325 e. The molecule has 2 N–H and O–H groups in total. The molecule has 2 rings (SSSR count). The van der Waals surface area contributed by atoms with Crippen LogP contribution in [0.5, 0.6) is 0 Å². The van der Waals surface area contributed by atoms with Crippen LogP contribution in [0, 0.1) is 12.8 Å². The Bertz CT molecular complexity index is 650. The minimum atomic E-state index is -0.328. The van der Waals surface area contributed by atoms with Crippen LogP contribution in [0.4, 0.5) is 4.79 Å². The van der Waals surface area contributed by atoms with Gasteiger partial charge in [0.05, 0.1) is 0 Å². The number of urea groups is 1. The lowest BCUT2D eigenvalue weighted by atomic mass is 9.96. The van der Waals surface area contributed by atoms with Crippen LogP contribution in [0.15, 0.2) is 24.3 Å². The number of likely N-dealkylation sites (tertiary alicyclic amines) is 1. The largest absolute Gasteiger partial charge is 0.325 e. The fraction of sp³-hybridized carbons (Fsp3) is 0.526. The second-order valence-corrected chi connectivity index (χ2v) is 6.47. The summed E-state index contributed by atoms with van der Waals surface area (Å²) in [5, 5.41) is 0. The Morgan fingerprint density at radius 3 is 2.27 bits per heavy atom. The maximum atomic E-state index is 12.3. The zero-order chi connectivity index (χ0) is 19.1.